The van der Waals surface area contributed by atoms with Gasteiger partial charge in [0.25, 0.3) is 0 Å². The van der Waals surface area contributed by atoms with Crippen LogP contribution in [0.1, 0.15) is 12.0 Å². The van der Waals surface area contributed by atoms with Crippen molar-refractivity contribution in [2.24, 2.45) is 0 Å². The van der Waals surface area contributed by atoms with Crippen LogP contribution in [0.4, 0.5) is 0 Å². The summed E-state index contributed by atoms with van der Waals surface area (Å²) >= 11 is 3.41. The molecule has 0 atom stereocenters. The molecule has 0 saturated carbocycles. The first kappa shape index (κ1) is 11.2. The molecule has 16 heavy (non-hydrogen) atoms. The van der Waals surface area contributed by atoms with Crippen LogP contribution in [-0.4, -0.2) is 20.2 Å². The zero-order valence-corrected chi connectivity index (χ0v) is 10.4. The van der Waals surface area contributed by atoms with E-state index in [2.05, 4.69) is 21.0 Å². The molecule has 3 nitrogen and oxygen atoms in total. The second kappa shape index (κ2) is 5.16. The third-order valence-electron chi connectivity index (χ3n) is 2.35. The van der Waals surface area contributed by atoms with Crippen LogP contribution in [0.3, 0.4) is 0 Å². The van der Waals surface area contributed by atoms with Gasteiger partial charge in [-0.3, -0.25) is 0 Å². The van der Waals surface area contributed by atoms with Gasteiger partial charge in [-0.1, -0.05) is 15.9 Å². The average molecular weight is 281 g/mol. The first-order valence-corrected chi connectivity index (χ1v) is 6.30. The number of phenolic OH excluding ortho intramolecular Hbond substituents is 1. The van der Waals surface area contributed by atoms with Crippen molar-refractivity contribution in [1.82, 2.24) is 9.78 Å². The molecule has 1 N–H and O–H groups in total. The molecular weight excluding hydrogens is 268 g/mol. The largest absolute Gasteiger partial charge is 0.508 e. The molecule has 0 amide bonds. The lowest BCUT2D eigenvalue weighted by atomic mass is 10.2. The van der Waals surface area contributed by atoms with Gasteiger partial charge in [-0.25, -0.2) is 4.68 Å². The number of nitrogens with zero attached hydrogens (tertiary/aromatic N) is 2. The molecule has 0 unspecified atom stereocenters. The summed E-state index contributed by atoms with van der Waals surface area (Å²) in [4.78, 5) is 0. The second-order valence-corrected chi connectivity index (χ2v) is 4.40. The summed E-state index contributed by atoms with van der Waals surface area (Å²) < 4.78 is 1.82. The molecule has 0 bridgehead atoms. The normalized spacial score (nSPS) is 10.6. The Kier molecular flexibility index (Phi) is 3.62. The zero-order chi connectivity index (χ0) is 11.4. The summed E-state index contributed by atoms with van der Waals surface area (Å²) in [6.45, 7) is 0. The van der Waals surface area contributed by atoms with Crippen LogP contribution in [-0.2, 0) is 6.42 Å². The van der Waals surface area contributed by atoms with Crippen molar-refractivity contribution in [3.05, 3.63) is 42.2 Å². The highest BCUT2D eigenvalue weighted by molar-refractivity contribution is 9.09. The van der Waals surface area contributed by atoms with Crippen LogP contribution in [0, 0.1) is 0 Å². The maximum atomic E-state index is 9.19. The third-order valence-corrected chi connectivity index (χ3v) is 2.91. The Bertz CT molecular complexity index is 450. The maximum Gasteiger partial charge on any atom is 0.115 e. The highest BCUT2D eigenvalue weighted by Crippen LogP contribution is 2.14. The lowest BCUT2D eigenvalue weighted by Gasteiger charge is -2.00. The van der Waals surface area contributed by atoms with E-state index in [1.807, 2.05) is 29.2 Å². The van der Waals surface area contributed by atoms with Crippen molar-refractivity contribution in [2.75, 3.05) is 5.33 Å². The van der Waals surface area contributed by atoms with Gasteiger partial charge in [0.05, 0.1) is 11.9 Å². The van der Waals surface area contributed by atoms with Gasteiger partial charge in [0, 0.05) is 11.5 Å². The number of rotatable bonds is 4. The number of benzene rings is 1. The summed E-state index contributed by atoms with van der Waals surface area (Å²) in [5, 5.41) is 14.5. The number of aryl methyl sites for hydroxylation is 1. The number of hydrogen-bond acceptors (Lipinski definition) is 2. The van der Waals surface area contributed by atoms with E-state index in [1.165, 1.54) is 5.56 Å². The summed E-state index contributed by atoms with van der Waals surface area (Å²) in [7, 11) is 0. The van der Waals surface area contributed by atoms with E-state index in [1.54, 1.807) is 12.1 Å². The van der Waals surface area contributed by atoms with E-state index in [-0.39, 0.29) is 5.75 Å². The predicted octanol–water partition coefficient (Wildman–Crippen LogP) is 2.91. The van der Waals surface area contributed by atoms with Crippen LogP contribution < -0.4 is 0 Å². The van der Waals surface area contributed by atoms with Gasteiger partial charge >= 0.3 is 0 Å². The molecule has 2 aromatic rings. The SMILES string of the molecule is Oc1ccc(-n2cc(CCCBr)cn2)cc1. The van der Waals surface area contributed by atoms with Crippen LogP contribution >= 0.6 is 15.9 Å². The van der Waals surface area contributed by atoms with Gasteiger partial charge in [-0.2, -0.15) is 5.10 Å². The zero-order valence-electron chi connectivity index (χ0n) is 8.81. The molecular formula is C12H13BrN2O. The maximum absolute atomic E-state index is 9.19. The Morgan fingerprint density at radius 3 is 2.69 bits per heavy atom. The van der Waals surface area contributed by atoms with Gasteiger partial charge in [-0.15, -0.1) is 0 Å². The van der Waals surface area contributed by atoms with Gasteiger partial charge < -0.3 is 5.11 Å². The lowest BCUT2D eigenvalue weighted by molar-refractivity contribution is 0.475. The quantitative estimate of drug-likeness (QED) is 0.875. The highest BCUT2D eigenvalue weighted by atomic mass is 79.9. The van der Waals surface area contributed by atoms with E-state index in [4.69, 9.17) is 0 Å². The molecule has 84 valence electrons. The number of phenols is 1. The van der Waals surface area contributed by atoms with Crippen molar-refractivity contribution >= 4 is 15.9 Å². The van der Waals surface area contributed by atoms with Crippen molar-refractivity contribution in [1.29, 1.82) is 0 Å². The van der Waals surface area contributed by atoms with Crippen LogP contribution in [0.25, 0.3) is 5.69 Å². The van der Waals surface area contributed by atoms with Gasteiger partial charge in [0.15, 0.2) is 0 Å². The van der Waals surface area contributed by atoms with Crippen molar-refractivity contribution in [3.8, 4) is 11.4 Å². The molecule has 0 aliphatic heterocycles. The van der Waals surface area contributed by atoms with E-state index in [9.17, 15) is 5.11 Å². The molecule has 0 radical (unpaired) electrons. The molecule has 0 fully saturated rings. The fraction of sp³-hybridized carbons (Fsp3) is 0.250. The Labute approximate surface area is 103 Å². The van der Waals surface area contributed by atoms with E-state index >= 15 is 0 Å². The standard InChI is InChI=1S/C12H13BrN2O/c13-7-1-2-10-8-14-15(9-10)11-3-5-12(16)6-4-11/h3-6,8-9,16H,1-2,7H2. The Morgan fingerprint density at radius 1 is 1.25 bits per heavy atom. The summed E-state index contributed by atoms with van der Waals surface area (Å²) in [6, 6.07) is 7.01. The lowest BCUT2D eigenvalue weighted by Crippen LogP contribution is -1.93. The monoisotopic (exact) mass is 280 g/mol. The van der Waals surface area contributed by atoms with Crippen LogP contribution in [0.15, 0.2) is 36.7 Å². The van der Waals surface area contributed by atoms with Crippen LogP contribution in [0.5, 0.6) is 5.75 Å². The Balaban J connectivity index is 2.15. The van der Waals surface area contributed by atoms with Crippen molar-refractivity contribution in [2.45, 2.75) is 12.8 Å². The molecule has 0 aliphatic carbocycles. The summed E-state index contributed by atoms with van der Waals surface area (Å²) in [5.41, 5.74) is 2.19. The molecule has 2 rings (SSSR count). The fourth-order valence-corrected chi connectivity index (χ4v) is 1.79. The smallest absolute Gasteiger partial charge is 0.115 e. The molecule has 0 spiro atoms. The first-order chi connectivity index (χ1) is 7.79. The summed E-state index contributed by atoms with van der Waals surface area (Å²) in [5.74, 6) is 0.274. The molecule has 4 heteroatoms. The van der Waals surface area contributed by atoms with E-state index < -0.39 is 0 Å². The minimum absolute atomic E-state index is 0.274. The van der Waals surface area contributed by atoms with E-state index in [0.29, 0.717) is 0 Å². The second-order valence-electron chi connectivity index (χ2n) is 3.60. The van der Waals surface area contributed by atoms with E-state index in [0.717, 1.165) is 23.9 Å². The average Bonchev–Trinajstić information content (AvgIpc) is 2.76. The number of aromatic hydroxyl groups is 1. The highest BCUT2D eigenvalue weighted by Gasteiger charge is 2.00. The first-order valence-electron chi connectivity index (χ1n) is 5.18. The van der Waals surface area contributed by atoms with Gasteiger partial charge in [0.1, 0.15) is 5.75 Å². The molecule has 0 saturated heterocycles. The van der Waals surface area contributed by atoms with Gasteiger partial charge in [-0.05, 0) is 42.7 Å². The minimum Gasteiger partial charge on any atom is -0.508 e. The number of hydrogen-bond donors (Lipinski definition) is 1. The number of halogens is 1. The number of aromatic nitrogens is 2. The summed E-state index contributed by atoms with van der Waals surface area (Å²) in [6.07, 6.45) is 6.05. The van der Waals surface area contributed by atoms with Crippen molar-refractivity contribution in [3.63, 3.8) is 0 Å². The van der Waals surface area contributed by atoms with Gasteiger partial charge in [0.2, 0.25) is 0 Å². The van der Waals surface area contributed by atoms with Crippen molar-refractivity contribution < 1.29 is 5.11 Å². The topological polar surface area (TPSA) is 38.0 Å². The Morgan fingerprint density at radius 2 is 2.00 bits per heavy atom. The Hall–Kier alpha value is -1.29. The molecule has 0 aliphatic rings. The molecule has 1 aromatic heterocycles. The molecule has 1 heterocycles. The third kappa shape index (κ3) is 2.64. The minimum atomic E-state index is 0.274. The predicted molar refractivity (Wildman–Crippen MR) is 67.3 cm³/mol. The van der Waals surface area contributed by atoms with Crippen LogP contribution in [0.2, 0.25) is 0 Å². The molecule has 1 aromatic carbocycles. The fourth-order valence-electron chi connectivity index (χ4n) is 1.51. The number of alkyl halides is 1.